The molecule has 2 aliphatic rings. The van der Waals surface area contributed by atoms with E-state index in [1.807, 2.05) is 0 Å². The highest BCUT2D eigenvalue weighted by molar-refractivity contribution is 5.94. The van der Waals surface area contributed by atoms with Gasteiger partial charge in [-0.1, -0.05) is 0 Å². The number of hydrogen-bond acceptors (Lipinski definition) is 3. The van der Waals surface area contributed by atoms with Crippen LogP contribution in [0, 0.1) is 5.41 Å². The maximum atomic E-state index is 12.5. The average Bonchev–Trinajstić information content (AvgIpc) is 2.24. The van der Waals surface area contributed by atoms with E-state index in [1.54, 1.807) is 0 Å². The van der Waals surface area contributed by atoms with Crippen molar-refractivity contribution in [3.8, 4) is 0 Å². The lowest BCUT2D eigenvalue weighted by Crippen LogP contribution is -2.67. The lowest BCUT2D eigenvalue weighted by molar-refractivity contribution is -0.176. The summed E-state index contributed by atoms with van der Waals surface area (Å²) in [5.41, 5.74) is -0.965. The first-order valence-electron chi connectivity index (χ1n) is 5.80. The number of hydrogen-bond donors (Lipinski definition) is 0. The Hall–Kier alpha value is -1.63. The van der Waals surface area contributed by atoms with Crippen LogP contribution in [0.3, 0.4) is 0 Å². The lowest BCUT2D eigenvalue weighted by atomic mass is 9.78. The predicted molar refractivity (Wildman–Crippen MR) is 58.4 cm³/mol. The molecule has 19 heavy (non-hydrogen) atoms. The van der Waals surface area contributed by atoms with Gasteiger partial charge in [-0.25, -0.2) is 0 Å². The zero-order valence-electron chi connectivity index (χ0n) is 9.91. The molecular weight excluding hydrogens is 261 g/mol. The number of rotatable bonds is 1. The molecule has 1 amide bonds. The number of nitrogens with zero attached hydrogens (tertiary/aromatic N) is 2. The summed E-state index contributed by atoms with van der Waals surface area (Å²) in [7, 11) is 0. The maximum Gasteiger partial charge on any atom is 0.433 e. The van der Waals surface area contributed by atoms with Crippen molar-refractivity contribution in [2.24, 2.45) is 5.41 Å². The fraction of sp³-hybridized carbons (Fsp3) is 0.500. The fourth-order valence-corrected chi connectivity index (χ4v) is 2.38. The first-order chi connectivity index (χ1) is 8.90. The Morgan fingerprint density at radius 2 is 2.05 bits per heavy atom. The summed E-state index contributed by atoms with van der Waals surface area (Å²) >= 11 is 0. The van der Waals surface area contributed by atoms with Gasteiger partial charge in [-0.3, -0.25) is 9.78 Å². The van der Waals surface area contributed by atoms with E-state index < -0.39 is 11.9 Å². The summed E-state index contributed by atoms with van der Waals surface area (Å²) in [6, 6.07) is 2.10. The molecule has 0 aromatic carbocycles. The van der Waals surface area contributed by atoms with Crippen LogP contribution in [-0.2, 0) is 10.9 Å². The number of alkyl halides is 3. The maximum absolute atomic E-state index is 12.5. The summed E-state index contributed by atoms with van der Waals surface area (Å²) < 4.78 is 42.6. The van der Waals surface area contributed by atoms with Gasteiger partial charge in [0.1, 0.15) is 5.69 Å². The first kappa shape index (κ1) is 12.4. The molecular formula is C12H11F3N2O2. The van der Waals surface area contributed by atoms with E-state index in [1.165, 1.54) is 11.0 Å². The number of amides is 1. The van der Waals surface area contributed by atoms with Crippen molar-refractivity contribution in [1.29, 1.82) is 0 Å². The molecule has 2 saturated heterocycles. The summed E-state index contributed by atoms with van der Waals surface area (Å²) in [6.07, 6.45) is -3.52. The molecule has 3 rings (SSSR count). The second-order valence-corrected chi connectivity index (χ2v) is 5.08. The topological polar surface area (TPSA) is 42.4 Å². The minimum absolute atomic E-state index is 0.0254. The van der Waals surface area contributed by atoms with Gasteiger partial charge < -0.3 is 9.64 Å². The first-order valence-corrected chi connectivity index (χ1v) is 5.80. The fourth-order valence-electron chi connectivity index (χ4n) is 2.38. The van der Waals surface area contributed by atoms with Crippen LogP contribution in [0.1, 0.15) is 16.1 Å². The Balaban J connectivity index is 1.74. The van der Waals surface area contributed by atoms with Gasteiger partial charge in [-0.2, -0.15) is 13.2 Å². The second-order valence-electron chi connectivity index (χ2n) is 5.08. The highest BCUT2D eigenvalue weighted by atomic mass is 19.4. The van der Waals surface area contributed by atoms with Crippen LogP contribution in [-0.4, -0.2) is 42.1 Å². The molecule has 0 bridgehead atoms. The lowest BCUT2D eigenvalue weighted by Gasteiger charge is -2.54. The third-order valence-corrected chi connectivity index (χ3v) is 3.45. The molecule has 0 atom stereocenters. The van der Waals surface area contributed by atoms with Crippen LogP contribution in [0.2, 0.25) is 0 Å². The van der Waals surface area contributed by atoms with Crippen molar-refractivity contribution in [2.45, 2.75) is 6.18 Å². The molecule has 0 radical (unpaired) electrons. The van der Waals surface area contributed by atoms with E-state index in [4.69, 9.17) is 4.74 Å². The predicted octanol–water partition coefficient (Wildman–Crippen LogP) is 1.57. The number of halogens is 3. The number of aromatic nitrogens is 1. The zero-order valence-corrected chi connectivity index (χ0v) is 9.91. The van der Waals surface area contributed by atoms with Gasteiger partial charge in [0.15, 0.2) is 0 Å². The smallest absolute Gasteiger partial charge is 0.380 e. The quantitative estimate of drug-likeness (QED) is 0.779. The minimum atomic E-state index is -4.53. The third kappa shape index (κ3) is 2.07. The highest BCUT2D eigenvalue weighted by Crippen LogP contribution is 2.38. The summed E-state index contributed by atoms with van der Waals surface area (Å²) in [5.74, 6) is -0.384. The van der Waals surface area contributed by atoms with E-state index in [9.17, 15) is 18.0 Å². The van der Waals surface area contributed by atoms with Gasteiger partial charge in [0.05, 0.1) is 18.6 Å². The van der Waals surface area contributed by atoms with Crippen LogP contribution in [0.4, 0.5) is 13.2 Å². The average molecular weight is 272 g/mol. The van der Waals surface area contributed by atoms with E-state index in [-0.39, 0.29) is 16.9 Å². The molecule has 0 aliphatic carbocycles. The van der Waals surface area contributed by atoms with Crippen LogP contribution in [0.5, 0.6) is 0 Å². The molecule has 102 valence electrons. The third-order valence-electron chi connectivity index (χ3n) is 3.45. The van der Waals surface area contributed by atoms with E-state index >= 15 is 0 Å². The van der Waals surface area contributed by atoms with Gasteiger partial charge in [0.25, 0.3) is 5.91 Å². The SMILES string of the molecule is O=C(c1ccnc(C(F)(F)F)c1)N1CC2(COC2)C1. The molecule has 4 nitrogen and oxygen atoms in total. The summed E-state index contributed by atoms with van der Waals surface area (Å²) in [5, 5.41) is 0. The van der Waals surface area contributed by atoms with Gasteiger partial charge in [-0.15, -0.1) is 0 Å². The van der Waals surface area contributed by atoms with Gasteiger partial charge in [0.2, 0.25) is 0 Å². The number of likely N-dealkylation sites (tertiary alicyclic amines) is 1. The molecule has 1 aromatic heterocycles. The Morgan fingerprint density at radius 3 is 2.58 bits per heavy atom. The van der Waals surface area contributed by atoms with Crippen LogP contribution >= 0.6 is 0 Å². The van der Waals surface area contributed by atoms with Crippen LogP contribution < -0.4 is 0 Å². The molecule has 3 heterocycles. The van der Waals surface area contributed by atoms with Gasteiger partial charge >= 0.3 is 6.18 Å². The molecule has 7 heteroatoms. The van der Waals surface area contributed by atoms with Crippen LogP contribution in [0.15, 0.2) is 18.3 Å². The molecule has 1 spiro atoms. The van der Waals surface area contributed by atoms with Gasteiger partial charge in [0, 0.05) is 24.8 Å². The molecule has 1 aromatic rings. The summed E-state index contributed by atoms with van der Waals surface area (Å²) in [4.78, 5) is 16.8. The van der Waals surface area contributed by atoms with Crippen LogP contribution in [0.25, 0.3) is 0 Å². The number of carbonyl (C=O) groups is 1. The summed E-state index contributed by atoms with van der Waals surface area (Å²) in [6.45, 7) is 2.35. The van der Waals surface area contributed by atoms with Crippen molar-refractivity contribution in [1.82, 2.24) is 9.88 Å². The van der Waals surface area contributed by atoms with Crippen molar-refractivity contribution in [2.75, 3.05) is 26.3 Å². The number of ether oxygens (including phenoxy) is 1. The van der Waals surface area contributed by atoms with Crippen molar-refractivity contribution in [3.63, 3.8) is 0 Å². The molecule has 2 aliphatic heterocycles. The Labute approximate surface area is 107 Å². The monoisotopic (exact) mass is 272 g/mol. The standard InChI is InChI=1S/C12H11F3N2O2/c13-12(14,15)9-3-8(1-2-16-9)10(18)17-4-11(5-17)6-19-7-11/h1-3H,4-7H2. The second kappa shape index (κ2) is 3.93. The Kier molecular flexibility index (Phi) is 2.57. The van der Waals surface area contributed by atoms with E-state index in [2.05, 4.69) is 4.98 Å². The van der Waals surface area contributed by atoms with Crippen molar-refractivity contribution in [3.05, 3.63) is 29.6 Å². The Bertz CT molecular complexity index is 518. The number of pyridine rings is 1. The molecule has 0 unspecified atom stereocenters. The van der Waals surface area contributed by atoms with Crippen molar-refractivity contribution >= 4 is 5.91 Å². The largest absolute Gasteiger partial charge is 0.433 e. The number of carbonyl (C=O) groups excluding carboxylic acids is 1. The molecule has 0 saturated carbocycles. The highest BCUT2D eigenvalue weighted by Gasteiger charge is 2.50. The van der Waals surface area contributed by atoms with E-state index in [0.717, 1.165) is 12.3 Å². The van der Waals surface area contributed by atoms with E-state index in [0.29, 0.717) is 26.3 Å². The molecule has 0 N–H and O–H groups in total. The Morgan fingerprint density at radius 1 is 1.37 bits per heavy atom. The minimum Gasteiger partial charge on any atom is -0.380 e. The zero-order chi connectivity index (χ0) is 13.7. The van der Waals surface area contributed by atoms with Gasteiger partial charge in [-0.05, 0) is 12.1 Å². The van der Waals surface area contributed by atoms with Crippen molar-refractivity contribution < 1.29 is 22.7 Å². The molecule has 2 fully saturated rings. The normalized spacial score (nSPS) is 20.9.